The van der Waals surface area contributed by atoms with E-state index in [0.717, 1.165) is 43.8 Å². The second-order valence-corrected chi connectivity index (χ2v) is 5.41. The van der Waals surface area contributed by atoms with Gasteiger partial charge < -0.3 is 14.5 Å². The lowest BCUT2D eigenvalue weighted by atomic mass is 9.81. The van der Waals surface area contributed by atoms with Crippen molar-refractivity contribution >= 4 is 15.9 Å². The number of nitrogens with one attached hydrogen (secondary N) is 1. The Labute approximate surface area is 104 Å². The highest BCUT2D eigenvalue weighted by Crippen LogP contribution is 2.38. The molecule has 1 unspecified atom stereocenters. The number of halogens is 1. The summed E-state index contributed by atoms with van der Waals surface area (Å²) in [6.45, 7) is 3.78. The van der Waals surface area contributed by atoms with Gasteiger partial charge >= 0.3 is 0 Å². The normalized spacial score (nSPS) is 26.7. The van der Waals surface area contributed by atoms with Gasteiger partial charge in [0.05, 0.1) is 0 Å². The molecule has 88 valence electrons. The van der Waals surface area contributed by atoms with Crippen LogP contribution in [0.25, 0.3) is 0 Å². The number of fused-ring (bicyclic) bond motifs is 1. The van der Waals surface area contributed by atoms with Crippen molar-refractivity contribution in [1.82, 2.24) is 5.32 Å². The zero-order valence-corrected chi connectivity index (χ0v) is 10.8. The molecule has 1 aromatic rings. The quantitative estimate of drug-likeness (QED) is 0.862. The monoisotopic (exact) mass is 285 g/mol. The molecule has 3 heterocycles. The van der Waals surface area contributed by atoms with Crippen molar-refractivity contribution in [1.29, 1.82) is 0 Å². The van der Waals surface area contributed by atoms with Crippen molar-refractivity contribution in [2.75, 3.05) is 19.8 Å². The van der Waals surface area contributed by atoms with Crippen molar-refractivity contribution < 1.29 is 9.15 Å². The van der Waals surface area contributed by atoms with Crippen molar-refractivity contribution in [3.8, 4) is 0 Å². The second-order valence-electron chi connectivity index (χ2n) is 4.63. The fraction of sp³-hybridized carbons (Fsp3) is 0.667. The Hall–Kier alpha value is -0.320. The summed E-state index contributed by atoms with van der Waals surface area (Å²) in [7, 11) is 0. The zero-order valence-electron chi connectivity index (χ0n) is 9.17. The van der Waals surface area contributed by atoms with E-state index in [1.807, 2.05) is 0 Å². The van der Waals surface area contributed by atoms with E-state index in [1.54, 1.807) is 0 Å². The molecule has 0 amide bonds. The summed E-state index contributed by atoms with van der Waals surface area (Å²) in [4.78, 5) is 0. The Morgan fingerprint density at radius 1 is 1.31 bits per heavy atom. The zero-order chi connectivity index (χ0) is 11.0. The highest BCUT2D eigenvalue weighted by molar-refractivity contribution is 9.10. The molecule has 0 aliphatic carbocycles. The van der Waals surface area contributed by atoms with Gasteiger partial charge in [-0.3, -0.25) is 0 Å². The van der Waals surface area contributed by atoms with Crippen LogP contribution in [-0.2, 0) is 11.3 Å². The topological polar surface area (TPSA) is 34.4 Å². The SMILES string of the molecule is Brc1cc2c(o1)C(C1CCOCC1)CNC2. The maximum absolute atomic E-state index is 5.81. The summed E-state index contributed by atoms with van der Waals surface area (Å²) in [6.07, 6.45) is 2.31. The predicted octanol–water partition coefficient (Wildman–Crippen LogP) is 2.66. The number of rotatable bonds is 1. The van der Waals surface area contributed by atoms with E-state index in [1.165, 1.54) is 11.3 Å². The molecule has 1 fully saturated rings. The number of hydrogen-bond acceptors (Lipinski definition) is 3. The molecule has 16 heavy (non-hydrogen) atoms. The summed E-state index contributed by atoms with van der Waals surface area (Å²) in [5.41, 5.74) is 1.31. The van der Waals surface area contributed by atoms with Gasteiger partial charge in [-0.1, -0.05) is 0 Å². The minimum atomic E-state index is 0.527. The third kappa shape index (κ3) is 1.94. The summed E-state index contributed by atoms with van der Waals surface area (Å²) in [5.74, 6) is 2.43. The standard InChI is InChI=1S/C12H16BrNO2/c13-11-5-9-6-14-7-10(12(9)16-11)8-1-3-15-4-2-8/h5,8,10,14H,1-4,6-7H2. The van der Waals surface area contributed by atoms with Gasteiger partial charge in [-0.05, 0) is 40.8 Å². The molecule has 0 spiro atoms. The minimum Gasteiger partial charge on any atom is -0.454 e. The van der Waals surface area contributed by atoms with Crippen LogP contribution in [0, 0.1) is 5.92 Å². The van der Waals surface area contributed by atoms with Crippen molar-refractivity contribution in [3.05, 3.63) is 22.1 Å². The van der Waals surface area contributed by atoms with Gasteiger partial charge in [0.15, 0.2) is 4.67 Å². The Bertz CT molecular complexity index is 371. The van der Waals surface area contributed by atoms with Crippen LogP contribution in [0.1, 0.15) is 30.1 Å². The van der Waals surface area contributed by atoms with E-state index in [-0.39, 0.29) is 0 Å². The largest absolute Gasteiger partial charge is 0.454 e. The van der Waals surface area contributed by atoms with E-state index in [9.17, 15) is 0 Å². The first-order valence-electron chi connectivity index (χ1n) is 5.91. The third-order valence-corrected chi connectivity index (χ3v) is 4.05. The molecule has 1 saturated heterocycles. The van der Waals surface area contributed by atoms with Crippen LogP contribution in [0.4, 0.5) is 0 Å². The molecule has 4 heteroatoms. The molecule has 3 nitrogen and oxygen atoms in total. The Kier molecular flexibility index (Phi) is 3.05. The number of ether oxygens (including phenoxy) is 1. The molecule has 0 radical (unpaired) electrons. The van der Waals surface area contributed by atoms with Crippen molar-refractivity contribution in [2.24, 2.45) is 5.92 Å². The fourth-order valence-electron chi connectivity index (χ4n) is 2.81. The van der Waals surface area contributed by atoms with E-state index in [0.29, 0.717) is 11.8 Å². The second kappa shape index (κ2) is 4.51. The Balaban J connectivity index is 1.85. The van der Waals surface area contributed by atoms with Gasteiger partial charge in [0.2, 0.25) is 0 Å². The number of hydrogen-bond donors (Lipinski definition) is 1. The van der Waals surface area contributed by atoms with E-state index in [4.69, 9.17) is 9.15 Å². The molecule has 0 bridgehead atoms. The lowest BCUT2D eigenvalue weighted by Crippen LogP contribution is -2.34. The predicted molar refractivity (Wildman–Crippen MR) is 64.4 cm³/mol. The van der Waals surface area contributed by atoms with Crippen LogP contribution in [0.5, 0.6) is 0 Å². The average molecular weight is 286 g/mol. The molecular formula is C12H16BrNO2. The van der Waals surface area contributed by atoms with Crippen LogP contribution in [0.2, 0.25) is 0 Å². The maximum atomic E-state index is 5.81. The fourth-order valence-corrected chi connectivity index (χ4v) is 3.26. The summed E-state index contributed by atoms with van der Waals surface area (Å²) in [6, 6.07) is 2.09. The van der Waals surface area contributed by atoms with Gasteiger partial charge in [-0.15, -0.1) is 0 Å². The van der Waals surface area contributed by atoms with E-state index >= 15 is 0 Å². The lowest BCUT2D eigenvalue weighted by molar-refractivity contribution is 0.0540. The highest BCUT2D eigenvalue weighted by atomic mass is 79.9. The van der Waals surface area contributed by atoms with Crippen molar-refractivity contribution in [2.45, 2.75) is 25.3 Å². The molecule has 0 saturated carbocycles. The van der Waals surface area contributed by atoms with Gasteiger partial charge in [-0.25, -0.2) is 0 Å². The molecule has 1 aromatic heterocycles. The molecule has 2 aliphatic rings. The Morgan fingerprint density at radius 3 is 2.94 bits per heavy atom. The van der Waals surface area contributed by atoms with Crippen LogP contribution in [0.3, 0.4) is 0 Å². The minimum absolute atomic E-state index is 0.527. The first-order valence-corrected chi connectivity index (χ1v) is 6.70. The van der Waals surface area contributed by atoms with Crippen LogP contribution in [0.15, 0.2) is 15.2 Å². The van der Waals surface area contributed by atoms with Gasteiger partial charge in [0, 0.05) is 37.8 Å². The summed E-state index contributed by atoms with van der Waals surface area (Å²) < 4.78 is 12.1. The highest BCUT2D eigenvalue weighted by Gasteiger charge is 2.32. The van der Waals surface area contributed by atoms with Crippen LogP contribution >= 0.6 is 15.9 Å². The van der Waals surface area contributed by atoms with E-state index in [2.05, 4.69) is 27.3 Å². The van der Waals surface area contributed by atoms with Crippen LogP contribution < -0.4 is 5.32 Å². The third-order valence-electron chi connectivity index (χ3n) is 3.66. The first-order chi connectivity index (χ1) is 7.84. The average Bonchev–Trinajstić information content (AvgIpc) is 2.70. The molecule has 3 rings (SSSR count). The van der Waals surface area contributed by atoms with Gasteiger partial charge in [0.25, 0.3) is 0 Å². The van der Waals surface area contributed by atoms with Crippen LogP contribution in [-0.4, -0.2) is 19.8 Å². The summed E-state index contributed by atoms with van der Waals surface area (Å²) >= 11 is 3.42. The molecular weight excluding hydrogens is 270 g/mol. The Morgan fingerprint density at radius 2 is 2.12 bits per heavy atom. The summed E-state index contributed by atoms with van der Waals surface area (Å²) in [5, 5.41) is 3.48. The maximum Gasteiger partial charge on any atom is 0.169 e. The molecule has 2 aliphatic heterocycles. The first kappa shape index (κ1) is 10.8. The lowest BCUT2D eigenvalue weighted by Gasteiger charge is -2.32. The van der Waals surface area contributed by atoms with Crippen molar-refractivity contribution in [3.63, 3.8) is 0 Å². The van der Waals surface area contributed by atoms with E-state index < -0.39 is 0 Å². The number of furan rings is 1. The molecule has 1 atom stereocenters. The van der Waals surface area contributed by atoms with Gasteiger partial charge in [0.1, 0.15) is 5.76 Å². The molecule has 1 N–H and O–H groups in total. The molecule has 0 aromatic carbocycles. The van der Waals surface area contributed by atoms with Gasteiger partial charge in [-0.2, -0.15) is 0 Å². The smallest absolute Gasteiger partial charge is 0.169 e.